The molecule has 0 radical (unpaired) electrons. The maximum Gasteiger partial charge on any atom is 0.265 e. The van der Waals surface area contributed by atoms with E-state index >= 15 is 0 Å². The number of aryl methyl sites for hydroxylation is 4. The first-order chi connectivity index (χ1) is 13.6. The number of rotatable bonds is 5. The highest BCUT2D eigenvalue weighted by atomic mass is 32.2. The van der Waals surface area contributed by atoms with Crippen LogP contribution in [0, 0.1) is 32.9 Å². The maximum absolute atomic E-state index is 13.1. The van der Waals surface area contributed by atoms with Gasteiger partial charge in [-0.3, -0.25) is 9.52 Å². The molecule has 2 aromatic carbocycles. The Balaban J connectivity index is 2.10. The molecular weight excluding hydrogens is 388 g/mol. The summed E-state index contributed by atoms with van der Waals surface area (Å²) in [4.78, 5) is 13.2. The van der Waals surface area contributed by atoms with Gasteiger partial charge in [-0.05, 0) is 62.2 Å². The Bertz CT molecular complexity index is 1200. The Kier molecular flexibility index (Phi) is 5.44. The molecule has 0 aliphatic heterocycles. The van der Waals surface area contributed by atoms with Crippen molar-refractivity contribution in [2.45, 2.75) is 32.6 Å². The van der Waals surface area contributed by atoms with Gasteiger partial charge in [0, 0.05) is 19.1 Å². The number of benzene rings is 2. The smallest absolute Gasteiger partial charge is 0.265 e. The molecule has 0 spiro atoms. The van der Waals surface area contributed by atoms with Crippen LogP contribution in [0.2, 0.25) is 0 Å². The summed E-state index contributed by atoms with van der Waals surface area (Å²) in [6, 6.07) is 14.3. The number of hydrogen-bond donors (Lipinski definition) is 1. The topological polar surface area (TPSA) is 90.2 Å². The Labute approximate surface area is 170 Å². The van der Waals surface area contributed by atoms with Crippen LogP contribution in [-0.4, -0.2) is 14.2 Å². The number of nitrogens with one attached hydrogen (secondary N) is 1. The fourth-order valence-electron chi connectivity index (χ4n) is 2.92. The van der Waals surface area contributed by atoms with Crippen molar-refractivity contribution in [3.05, 3.63) is 93.4 Å². The van der Waals surface area contributed by atoms with Crippen molar-refractivity contribution >= 4 is 21.5 Å². The molecule has 0 saturated carbocycles. The van der Waals surface area contributed by atoms with E-state index in [0.29, 0.717) is 10.4 Å². The average molecular weight is 410 g/mol. The molecular formula is C22H22N2O4S. The third-order valence-electron chi connectivity index (χ3n) is 4.82. The number of anilines is 1. The minimum Gasteiger partial charge on any atom is -0.618 e. The molecule has 1 N–H and O–H groups in total. The first kappa shape index (κ1) is 20.5. The van der Waals surface area contributed by atoms with Crippen molar-refractivity contribution in [3.8, 4) is 0 Å². The highest BCUT2D eigenvalue weighted by Crippen LogP contribution is 2.26. The van der Waals surface area contributed by atoms with Gasteiger partial charge in [0.25, 0.3) is 21.5 Å². The summed E-state index contributed by atoms with van der Waals surface area (Å²) in [5, 5.41) is 12.3. The lowest BCUT2D eigenvalue weighted by Crippen LogP contribution is -2.37. The minimum atomic E-state index is -3.90. The fourth-order valence-corrected chi connectivity index (χ4v) is 3.99. The molecule has 0 aliphatic carbocycles. The van der Waals surface area contributed by atoms with Crippen LogP contribution in [0.3, 0.4) is 0 Å². The van der Waals surface area contributed by atoms with Gasteiger partial charge in [-0.2, -0.15) is 4.73 Å². The van der Waals surface area contributed by atoms with E-state index in [1.807, 2.05) is 20.8 Å². The fraction of sp³-hybridized carbons (Fsp3) is 0.182. The number of hydrogen-bond acceptors (Lipinski definition) is 4. The molecule has 0 saturated heterocycles. The van der Waals surface area contributed by atoms with E-state index < -0.39 is 15.8 Å². The zero-order chi connectivity index (χ0) is 21.3. The van der Waals surface area contributed by atoms with Crippen molar-refractivity contribution in [2.24, 2.45) is 0 Å². The first-order valence-electron chi connectivity index (χ1n) is 9.05. The molecule has 6 nitrogen and oxygen atoms in total. The lowest BCUT2D eigenvalue weighted by molar-refractivity contribution is -0.614. The van der Waals surface area contributed by atoms with Gasteiger partial charge in [0.1, 0.15) is 0 Å². The molecule has 0 unspecified atom stereocenters. The zero-order valence-electron chi connectivity index (χ0n) is 16.7. The van der Waals surface area contributed by atoms with Crippen molar-refractivity contribution in [3.63, 3.8) is 0 Å². The van der Waals surface area contributed by atoms with Gasteiger partial charge in [0.2, 0.25) is 0 Å². The molecule has 1 heterocycles. The van der Waals surface area contributed by atoms with Crippen LogP contribution >= 0.6 is 0 Å². The van der Waals surface area contributed by atoms with E-state index in [4.69, 9.17) is 0 Å². The number of pyridine rings is 1. The lowest BCUT2D eigenvalue weighted by Gasteiger charge is -2.15. The van der Waals surface area contributed by atoms with Crippen LogP contribution in [0.25, 0.3) is 0 Å². The monoisotopic (exact) mass is 410 g/mol. The van der Waals surface area contributed by atoms with Crippen LogP contribution in [0.4, 0.5) is 5.69 Å². The predicted octanol–water partition coefficient (Wildman–Crippen LogP) is 3.59. The highest BCUT2D eigenvalue weighted by Gasteiger charge is 2.25. The second kappa shape index (κ2) is 7.67. The summed E-state index contributed by atoms with van der Waals surface area (Å²) in [6.07, 6.45) is 0. The summed E-state index contributed by atoms with van der Waals surface area (Å²) in [6.45, 7) is 7.12. The van der Waals surface area contributed by atoms with Crippen LogP contribution in [0.1, 0.15) is 38.4 Å². The third kappa shape index (κ3) is 4.14. The first-order valence-corrected chi connectivity index (χ1v) is 10.5. The van der Waals surface area contributed by atoms with E-state index in [2.05, 4.69) is 4.72 Å². The van der Waals surface area contributed by atoms with E-state index in [1.54, 1.807) is 43.3 Å². The van der Waals surface area contributed by atoms with Crippen LogP contribution in [0.15, 0.2) is 59.5 Å². The van der Waals surface area contributed by atoms with E-state index in [9.17, 15) is 18.4 Å². The lowest BCUT2D eigenvalue weighted by atomic mass is 9.99. The third-order valence-corrected chi connectivity index (χ3v) is 6.20. The van der Waals surface area contributed by atoms with Crippen molar-refractivity contribution < 1.29 is 17.9 Å². The molecule has 0 fully saturated rings. The average Bonchev–Trinajstić information content (AvgIpc) is 2.66. The van der Waals surface area contributed by atoms with Crippen molar-refractivity contribution in [1.29, 1.82) is 0 Å². The second-order valence-electron chi connectivity index (χ2n) is 7.08. The van der Waals surface area contributed by atoms with E-state index in [0.717, 1.165) is 16.7 Å². The number of carbonyl (C=O) groups excluding carboxylic acids is 1. The maximum atomic E-state index is 13.1. The second-order valence-corrected chi connectivity index (χ2v) is 8.76. The normalized spacial score (nSPS) is 11.3. The molecule has 7 heteroatoms. The summed E-state index contributed by atoms with van der Waals surface area (Å²) in [5.74, 6) is -0.548. The molecule has 3 aromatic rings. The SMILES string of the molecule is Cc1ccc(S(=O)(=O)Nc2cc(C)c(C)cc2C(=O)c2cccc(C)[n+]2[O-])cc1. The number of carbonyl (C=O) groups is 1. The minimum absolute atomic E-state index is 0.0657. The quantitative estimate of drug-likeness (QED) is 0.395. The van der Waals surface area contributed by atoms with Crippen molar-refractivity contribution in [1.82, 2.24) is 0 Å². The zero-order valence-corrected chi connectivity index (χ0v) is 17.5. The number of aromatic nitrogens is 1. The van der Waals surface area contributed by atoms with Crippen LogP contribution in [0.5, 0.6) is 0 Å². The molecule has 0 amide bonds. The van der Waals surface area contributed by atoms with E-state index in [1.165, 1.54) is 18.2 Å². The Morgan fingerprint density at radius 2 is 1.55 bits per heavy atom. The molecule has 29 heavy (non-hydrogen) atoms. The van der Waals surface area contributed by atoms with Crippen molar-refractivity contribution in [2.75, 3.05) is 4.72 Å². The van der Waals surface area contributed by atoms with Gasteiger partial charge >= 0.3 is 0 Å². The number of ketones is 1. The summed E-state index contributed by atoms with van der Waals surface area (Å²) >= 11 is 0. The Morgan fingerprint density at radius 3 is 2.21 bits per heavy atom. The largest absolute Gasteiger partial charge is 0.618 e. The molecule has 150 valence electrons. The summed E-state index contributed by atoms with van der Waals surface area (Å²) in [5.41, 5.74) is 3.15. The van der Waals surface area contributed by atoms with Gasteiger partial charge in [0.05, 0.1) is 16.1 Å². The number of nitrogens with zero attached hydrogens (tertiary/aromatic N) is 1. The van der Waals surface area contributed by atoms with Gasteiger partial charge in [-0.15, -0.1) is 0 Å². The van der Waals surface area contributed by atoms with Gasteiger partial charge in [0.15, 0.2) is 5.69 Å². The Hall–Kier alpha value is -3.19. The molecule has 1 aromatic heterocycles. The van der Waals surface area contributed by atoms with Crippen LogP contribution < -0.4 is 9.45 Å². The van der Waals surface area contributed by atoms with Crippen LogP contribution in [-0.2, 0) is 10.0 Å². The molecule has 0 atom stereocenters. The summed E-state index contributed by atoms with van der Waals surface area (Å²) < 4.78 is 28.8. The predicted molar refractivity (Wildman–Crippen MR) is 111 cm³/mol. The van der Waals surface area contributed by atoms with Gasteiger partial charge in [-0.25, -0.2) is 8.42 Å². The summed E-state index contributed by atoms with van der Waals surface area (Å²) in [7, 11) is -3.90. The molecule has 3 rings (SSSR count). The van der Waals surface area contributed by atoms with Gasteiger partial charge < -0.3 is 5.21 Å². The molecule has 0 aliphatic rings. The number of sulfonamides is 1. The standard InChI is InChI=1S/C22H22N2O4S/c1-14-8-10-18(11-9-14)29(27,28)23-20-13-16(3)15(2)12-19(20)22(25)21-7-5-6-17(4)24(21)26/h5-13,23H,1-4H3. The van der Waals surface area contributed by atoms with Gasteiger partial charge in [-0.1, -0.05) is 17.7 Å². The van der Waals surface area contributed by atoms with E-state index in [-0.39, 0.29) is 21.8 Å². The highest BCUT2D eigenvalue weighted by molar-refractivity contribution is 7.92. The Morgan fingerprint density at radius 1 is 0.931 bits per heavy atom. The molecule has 0 bridgehead atoms.